The average Bonchev–Trinajstić information content (AvgIpc) is 2.97. The number of benzene rings is 1. The summed E-state index contributed by atoms with van der Waals surface area (Å²) in [5.74, 6) is -0.832. The van der Waals surface area contributed by atoms with Crippen LogP contribution in [0.5, 0.6) is 0 Å². The number of esters is 1. The first kappa shape index (κ1) is 21.2. The van der Waals surface area contributed by atoms with Crippen molar-refractivity contribution in [2.45, 2.75) is 59.2 Å². The monoisotopic (exact) mass is 396 g/mol. The molecule has 0 radical (unpaired) electrons. The van der Waals surface area contributed by atoms with Crippen molar-refractivity contribution in [3.8, 4) is 0 Å². The second-order valence-electron chi connectivity index (χ2n) is 7.41. The molecule has 1 aliphatic heterocycles. The predicted octanol–water partition coefficient (Wildman–Crippen LogP) is 2.20. The van der Waals surface area contributed by atoms with Crippen LogP contribution in [0.1, 0.15) is 50.5 Å². The summed E-state index contributed by atoms with van der Waals surface area (Å²) in [7, 11) is -3.34. The van der Waals surface area contributed by atoms with Gasteiger partial charge in [0.15, 0.2) is 6.10 Å². The van der Waals surface area contributed by atoms with Gasteiger partial charge in [0.05, 0.1) is 17.5 Å². The van der Waals surface area contributed by atoms with E-state index in [9.17, 15) is 18.0 Å². The van der Waals surface area contributed by atoms with Crippen LogP contribution in [0.15, 0.2) is 18.2 Å². The number of anilines is 1. The van der Waals surface area contributed by atoms with Crippen LogP contribution >= 0.6 is 0 Å². The molecular weight excluding hydrogens is 368 g/mol. The van der Waals surface area contributed by atoms with Crippen LogP contribution in [0.2, 0.25) is 0 Å². The fraction of sp³-hybridized carbons (Fsp3) is 0.579. The SMILES string of the molecule is CC(C)N(C(=O)[C@H](C)OC(=O)c1ccc2c(c1)CCN2S(C)(=O)=O)C(C)C. The molecule has 8 heteroatoms. The quantitative estimate of drug-likeness (QED) is 0.688. The van der Waals surface area contributed by atoms with E-state index in [1.807, 2.05) is 27.7 Å². The summed E-state index contributed by atoms with van der Waals surface area (Å²) in [6.07, 6.45) is 0.794. The van der Waals surface area contributed by atoms with E-state index in [-0.39, 0.29) is 18.0 Å². The molecule has 1 aromatic rings. The van der Waals surface area contributed by atoms with Crippen LogP contribution < -0.4 is 4.31 Å². The van der Waals surface area contributed by atoms with Crippen molar-refractivity contribution < 1.29 is 22.7 Å². The Morgan fingerprint density at radius 2 is 1.70 bits per heavy atom. The lowest BCUT2D eigenvalue weighted by atomic mass is 10.1. The molecule has 0 aliphatic carbocycles. The van der Waals surface area contributed by atoms with Crippen LogP contribution in [0.4, 0.5) is 5.69 Å². The van der Waals surface area contributed by atoms with Gasteiger partial charge < -0.3 is 9.64 Å². The molecule has 2 rings (SSSR count). The van der Waals surface area contributed by atoms with E-state index in [1.165, 1.54) is 10.4 Å². The van der Waals surface area contributed by atoms with Crippen molar-refractivity contribution in [2.24, 2.45) is 0 Å². The minimum absolute atomic E-state index is 0.000576. The number of amides is 1. The summed E-state index contributed by atoms with van der Waals surface area (Å²) in [5, 5.41) is 0. The molecular formula is C19H28N2O5S. The van der Waals surface area contributed by atoms with Gasteiger partial charge in [-0.05, 0) is 64.8 Å². The van der Waals surface area contributed by atoms with E-state index in [4.69, 9.17) is 4.74 Å². The number of carbonyl (C=O) groups is 2. The van der Waals surface area contributed by atoms with E-state index in [0.717, 1.165) is 11.8 Å². The Balaban J connectivity index is 2.14. The van der Waals surface area contributed by atoms with Crippen LogP contribution in [-0.2, 0) is 26.0 Å². The molecule has 0 aromatic heterocycles. The van der Waals surface area contributed by atoms with Gasteiger partial charge in [0.1, 0.15) is 0 Å². The Labute approximate surface area is 161 Å². The number of ether oxygens (including phenoxy) is 1. The van der Waals surface area contributed by atoms with Crippen molar-refractivity contribution in [1.82, 2.24) is 4.90 Å². The number of fused-ring (bicyclic) bond motifs is 1. The number of sulfonamides is 1. The molecule has 0 bridgehead atoms. The number of nitrogens with zero attached hydrogens (tertiary/aromatic N) is 2. The predicted molar refractivity (Wildman–Crippen MR) is 104 cm³/mol. The zero-order valence-electron chi connectivity index (χ0n) is 16.7. The van der Waals surface area contributed by atoms with E-state index >= 15 is 0 Å². The largest absolute Gasteiger partial charge is 0.449 e. The third-order valence-electron chi connectivity index (χ3n) is 4.57. The maximum absolute atomic E-state index is 12.6. The van der Waals surface area contributed by atoms with Gasteiger partial charge in [0.25, 0.3) is 5.91 Å². The minimum atomic E-state index is -3.34. The van der Waals surface area contributed by atoms with Crippen molar-refractivity contribution in [1.29, 1.82) is 0 Å². The minimum Gasteiger partial charge on any atom is -0.449 e. The molecule has 0 fully saturated rings. The summed E-state index contributed by atoms with van der Waals surface area (Å²) in [6, 6.07) is 4.79. The maximum atomic E-state index is 12.6. The van der Waals surface area contributed by atoms with E-state index < -0.39 is 22.1 Å². The fourth-order valence-corrected chi connectivity index (χ4v) is 4.40. The van der Waals surface area contributed by atoms with Crippen molar-refractivity contribution >= 4 is 27.6 Å². The van der Waals surface area contributed by atoms with Crippen LogP contribution in [0.3, 0.4) is 0 Å². The van der Waals surface area contributed by atoms with E-state index in [0.29, 0.717) is 24.2 Å². The van der Waals surface area contributed by atoms with Crippen molar-refractivity contribution in [3.63, 3.8) is 0 Å². The number of hydrogen-bond acceptors (Lipinski definition) is 5. The first-order chi connectivity index (χ1) is 12.4. The summed E-state index contributed by atoms with van der Waals surface area (Å²) < 4.78 is 30.3. The fourth-order valence-electron chi connectivity index (χ4n) is 3.44. The number of rotatable bonds is 6. The molecule has 0 saturated heterocycles. The standard InChI is InChI=1S/C19H28N2O5S/c1-12(2)21(13(3)4)18(22)14(5)26-19(23)16-7-8-17-15(11-16)9-10-20(17)27(6,24)25/h7-8,11-14H,9-10H2,1-6H3/t14-/m0/s1. The third-order valence-corrected chi connectivity index (χ3v) is 5.75. The lowest BCUT2D eigenvalue weighted by molar-refractivity contribution is -0.143. The first-order valence-corrected chi connectivity index (χ1v) is 10.9. The highest BCUT2D eigenvalue weighted by Crippen LogP contribution is 2.31. The lowest BCUT2D eigenvalue weighted by Gasteiger charge is -2.32. The topological polar surface area (TPSA) is 84.0 Å². The van der Waals surface area contributed by atoms with Crippen molar-refractivity contribution in [3.05, 3.63) is 29.3 Å². The van der Waals surface area contributed by atoms with Crippen LogP contribution in [0, 0.1) is 0 Å². The number of carbonyl (C=O) groups excluding carboxylic acids is 2. The molecule has 0 saturated carbocycles. The summed E-state index contributed by atoms with van der Waals surface area (Å²) in [5.41, 5.74) is 1.67. The maximum Gasteiger partial charge on any atom is 0.338 e. The lowest BCUT2D eigenvalue weighted by Crippen LogP contribution is -2.47. The smallest absolute Gasteiger partial charge is 0.338 e. The highest BCUT2D eigenvalue weighted by molar-refractivity contribution is 7.92. The van der Waals surface area contributed by atoms with Gasteiger partial charge in [-0.1, -0.05) is 0 Å². The van der Waals surface area contributed by atoms with Gasteiger partial charge >= 0.3 is 5.97 Å². The number of hydrogen-bond donors (Lipinski definition) is 0. The van der Waals surface area contributed by atoms with Gasteiger partial charge in [-0.25, -0.2) is 13.2 Å². The first-order valence-electron chi connectivity index (χ1n) is 9.07. The Bertz CT molecular complexity index is 825. The molecule has 150 valence electrons. The van der Waals surface area contributed by atoms with E-state index in [1.54, 1.807) is 24.0 Å². The second-order valence-corrected chi connectivity index (χ2v) is 9.32. The van der Waals surface area contributed by atoms with Gasteiger partial charge in [-0.15, -0.1) is 0 Å². The van der Waals surface area contributed by atoms with Gasteiger partial charge in [-0.3, -0.25) is 9.10 Å². The molecule has 1 amide bonds. The van der Waals surface area contributed by atoms with Gasteiger partial charge in [0.2, 0.25) is 10.0 Å². The zero-order chi connectivity index (χ0) is 20.5. The Hall–Kier alpha value is -2.09. The zero-order valence-corrected chi connectivity index (χ0v) is 17.5. The molecule has 7 nitrogen and oxygen atoms in total. The van der Waals surface area contributed by atoms with Crippen LogP contribution in [0.25, 0.3) is 0 Å². The Kier molecular flexibility index (Phi) is 6.19. The summed E-state index contributed by atoms with van der Waals surface area (Å²) in [4.78, 5) is 26.8. The molecule has 27 heavy (non-hydrogen) atoms. The average molecular weight is 397 g/mol. The third kappa shape index (κ3) is 4.61. The normalized spacial score (nSPS) is 15.0. The molecule has 1 aromatic carbocycles. The van der Waals surface area contributed by atoms with Crippen molar-refractivity contribution in [2.75, 3.05) is 17.1 Å². The highest BCUT2D eigenvalue weighted by Gasteiger charge is 2.30. The van der Waals surface area contributed by atoms with E-state index in [2.05, 4.69) is 0 Å². The van der Waals surface area contributed by atoms with Gasteiger partial charge in [-0.2, -0.15) is 0 Å². The Morgan fingerprint density at radius 1 is 1.11 bits per heavy atom. The summed E-state index contributed by atoms with van der Waals surface area (Å²) in [6.45, 7) is 9.60. The second kappa shape index (κ2) is 7.88. The van der Waals surface area contributed by atoms with Crippen LogP contribution in [-0.4, -0.2) is 56.2 Å². The molecule has 0 unspecified atom stereocenters. The molecule has 1 atom stereocenters. The molecule has 1 heterocycles. The molecule has 0 N–H and O–H groups in total. The Morgan fingerprint density at radius 3 is 2.22 bits per heavy atom. The van der Waals surface area contributed by atoms with Gasteiger partial charge in [0, 0.05) is 18.6 Å². The highest BCUT2D eigenvalue weighted by atomic mass is 32.2. The molecule has 1 aliphatic rings. The molecule has 0 spiro atoms. The summed E-state index contributed by atoms with van der Waals surface area (Å²) >= 11 is 0.